The van der Waals surface area contributed by atoms with Gasteiger partial charge in [-0.2, -0.15) is 0 Å². The van der Waals surface area contributed by atoms with Gasteiger partial charge < -0.3 is 4.74 Å². The van der Waals surface area contributed by atoms with E-state index in [0.717, 1.165) is 12.8 Å². The van der Waals surface area contributed by atoms with E-state index < -0.39 is 17.4 Å². The van der Waals surface area contributed by atoms with Crippen molar-refractivity contribution < 1.29 is 14.3 Å². The first-order valence-electron chi connectivity index (χ1n) is 5.48. The van der Waals surface area contributed by atoms with Gasteiger partial charge in [-0.05, 0) is 33.1 Å². The fraction of sp³-hybridized carbons (Fsp3) is 0.833. The molecule has 0 bridgehead atoms. The van der Waals surface area contributed by atoms with E-state index in [1.54, 1.807) is 20.8 Å². The minimum Gasteiger partial charge on any atom is -0.393 e. The van der Waals surface area contributed by atoms with Gasteiger partial charge in [0.25, 0.3) is 0 Å². The van der Waals surface area contributed by atoms with E-state index in [1.807, 2.05) is 0 Å². The molecule has 0 amide bonds. The number of rotatable bonds is 4. The van der Waals surface area contributed by atoms with E-state index in [2.05, 4.69) is 13.8 Å². The van der Waals surface area contributed by atoms with Gasteiger partial charge in [0.1, 0.15) is 0 Å². The molecule has 15 heavy (non-hydrogen) atoms. The Morgan fingerprint density at radius 3 is 2.13 bits per heavy atom. The molecule has 0 aliphatic rings. The van der Waals surface area contributed by atoms with E-state index >= 15 is 0 Å². The third-order valence-electron chi connectivity index (χ3n) is 1.98. The van der Waals surface area contributed by atoms with E-state index in [-0.39, 0.29) is 0 Å². The van der Waals surface area contributed by atoms with Crippen LogP contribution in [0.15, 0.2) is 0 Å². The molecule has 0 atom stereocenters. The van der Waals surface area contributed by atoms with Gasteiger partial charge in [-0.1, -0.05) is 20.3 Å². The van der Waals surface area contributed by atoms with Crippen LogP contribution in [0.3, 0.4) is 0 Å². The van der Waals surface area contributed by atoms with Crippen LogP contribution in [0, 0.1) is 11.3 Å². The molecule has 3 heteroatoms. The summed E-state index contributed by atoms with van der Waals surface area (Å²) in [6.07, 6.45) is 2.10. The summed E-state index contributed by atoms with van der Waals surface area (Å²) in [7, 11) is 0. The molecule has 3 nitrogen and oxygen atoms in total. The van der Waals surface area contributed by atoms with E-state index in [9.17, 15) is 9.59 Å². The first kappa shape index (κ1) is 14.1. The average Bonchev–Trinajstić information content (AvgIpc) is 2.01. The van der Waals surface area contributed by atoms with Crippen molar-refractivity contribution >= 4 is 11.9 Å². The molecule has 88 valence electrons. The number of carbonyl (C=O) groups excluding carboxylic acids is 2. The summed E-state index contributed by atoms with van der Waals surface area (Å²) in [5.74, 6) is -0.274. The molecule has 0 spiro atoms. The van der Waals surface area contributed by atoms with Crippen LogP contribution < -0.4 is 0 Å². The van der Waals surface area contributed by atoms with Crippen LogP contribution in [0.25, 0.3) is 0 Å². The molecule has 0 radical (unpaired) electrons. The van der Waals surface area contributed by atoms with Crippen molar-refractivity contribution in [2.75, 3.05) is 0 Å². The van der Waals surface area contributed by atoms with Crippen molar-refractivity contribution in [1.29, 1.82) is 0 Å². The summed E-state index contributed by atoms with van der Waals surface area (Å²) in [6, 6.07) is 0. The molecule has 0 rings (SSSR count). The highest BCUT2D eigenvalue weighted by Gasteiger charge is 2.25. The van der Waals surface area contributed by atoms with Gasteiger partial charge in [-0.15, -0.1) is 0 Å². The van der Waals surface area contributed by atoms with Gasteiger partial charge in [0, 0.05) is 6.42 Å². The molecular weight excluding hydrogens is 192 g/mol. The number of hydrogen-bond donors (Lipinski definition) is 0. The molecule has 0 aromatic carbocycles. The molecule has 0 aromatic rings. The normalized spacial score (nSPS) is 11.6. The fourth-order valence-corrected chi connectivity index (χ4v) is 0.962. The second kappa shape index (κ2) is 5.89. The fourth-order valence-electron chi connectivity index (χ4n) is 0.962. The lowest BCUT2D eigenvalue weighted by Crippen LogP contribution is -2.25. The summed E-state index contributed by atoms with van der Waals surface area (Å²) in [5.41, 5.74) is -0.603. The van der Waals surface area contributed by atoms with Gasteiger partial charge in [0.15, 0.2) is 0 Å². The van der Waals surface area contributed by atoms with E-state index in [0.29, 0.717) is 12.3 Å². The zero-order valence-electron chi connectivity index (χ0n) is 10.4. The Bertz CT molecular complexity index is 224. The maximum atomic E-state index is 11.3. The first-order valence-corrected chi connectivity index (χ1v) is 5.48. The van der Waals surface area contributed by atoms with Crippen LogP contribution in [-0.4, -0.2) is 11.9 Å². The predicted molar refractivity (Wildman–Crippen MR) is 59.2 cm³/mol. The second-order valence-electron chi connectivity index (χ2n) is 5.30. The number of hydrogen-bond acceptors (Lipinski definition) is 3. The molecule has 0 unspecified atom stereocenters. The average molecular weight is 214 g/mol. The maximum absolute atomic E-state index is 11.3. The zero-order valence-corrected chi connectivity index (χ0v) is 10.4. The Kier molecular flexibility index (Phi) is 5.55. The van der Waals surface area contributed by atoms with Crippen molar-refractivity contribution in [2.45, 2.75) is 53.9 Å². The molecule has 0 aliphatic heterocycles. The molecule has 0 aliphatic carbocycles. The van der Waals surface area contributed by atoms with Gasteiger partial charge in [-0.3, -0.25) is 9.59 Å². The van der Waals surface area contributed by atoms with Crippen molar-refractivity contribution in [1.82, 2.24) is 0 Å². The topological polar surface area (TPSA) is 43.4 Å². The van der Waals surface area contributed by atoms with Crippen molar-refractivity contribution in [3.63, 3.8) is 0 Å². The smallest absolute Gasteiger partial charge is 0.318 e. The predicted octanol–water partition coefficient (Wildman–Crippen LogP) is 2.93. The van der Waals surface area contributed by atoms with E-state index in [4.69, 9.17) is 4.74 Å². The molecular formula is C12H22O3. The lowest BCUT2D eigenvalue weighted by molar-refractivity contribution is -0.165. The third-order valence-corrected chi connectivity index (χ3v) is 1.98. The Balaban J connectivity index is 3.80. The minimum atomic E-state index is -0.603. The standard InChI is InChI=1S/C12H22O3/c1-9(2)7-6-8-10(13)15-11(14)12(3,4)5/h9H,6-8H2,1-5H3. The Morgan fingerprint density at radius 1 is 1.20 bits per heavy atom. The van der Waals surface area contributed by atoms with Crippen LogP contribution in [-0.2, 0) is 14.3 Å². The van der Waals surface area contributed by atoms with Crippen molar-refractivity contribution in [3.05, 3.63) is 0 Å². The Hall–Kier alpha value is -0.860. The number of esters is 2. The SMILES string of the molecule is CC(C)CCCC(=O)OC(=O)C(C)(C)C. The number of carbonyl (C=O) groups is 2. The molecule has 0 saturated heterocycles. The van der Waals surface area contributed by atoms with Crippen LogP contribution in [0.5, 0.6) is 0 Å². The monoisotopic (exact) mass is 214 g/mol. The van der Waals surface area contributed by atoms with Crippen LogP contribution in [0.4, 0.5) is 0 Å². The molecule has 0 fully saturated rings. The molecule has 0 N–H and O–H groups in total. The first-order chi connectivity index (χ1) is 6.73. The quantitative estimate of drug-likeness (QED) is 0.534. The summed E-state index contributed by atoms with van der Waals surface area (Å²) in [6.45, 7) is 9.40. The molecule has 0 aromatic heterocycles. The highest BCUT2D eigenvalue weighted by atomic mass is 16.6. The van der Waals surface area contributed by atoms with Gasteiger partial charge >= 0.3 is 11.9 Å². The number of ether oxygens (including phenoxy) is 1. The lowest BCUT2D eigenvalue weighted by Gasteiger charge is -2.15. The molecule has 0 saturated carbocycles. The largest absolute Gasteiger partial charge is 0.393 e. The maximum Gasteiger partial charge on any atom is 0.318 e. The van der Waals surface area contributed by atoms with Crippen LogP contribution in [0.1, 0.15) is 53.9 Å². The Morgan fingerprint density at radius 2 is 1.73 bits per heavy atom. The lowest BCUT2D eigenvalue weighted by atomic mass is 9.97. The van der Waals surface area contributed by atoms with Crippen molar-refractivity contribution in [2.24, 2.45) is 11.3 Å². The minimum absolute atomic E-state index is 0.333. The Labute approximate surface area is 92.2 Å². The summed E-state index contributed by atoms with van der Waals surface area (Å²) < 4.78 is 4.72. The highest BCUT2D eigenvalue weighted by Crippen LogP contribution is 2.16. The van der Waals surface area contributed by atoms with Crippen molar-refractivity contribution in [3.8, 4) is 0 Å². The third kappa shape index (κ3) is 7.11. The summed E-state index contributed by atoms with van der Waals surface area (Å²) >= 11 is 0. The van der Waals surface area contributed by atoms with Gasteiger partial charge in [-0.25, -0.2) is 0 Å². The van der Waals surface area contributed by atoms with Crippen LogP contribution in [0.2, 0.25) is 0 Å². The van der Waals surface area contributed by atoms with Gasteiger partial charge in [0.2, 0.25) is 0 Å². The van der Waals surface area contributed by atoms with Gasteiger partial charge in [0.05, 0.1) is 5.41 Å². The molecule has 0 heterocycles. The second-order valence-corrected chi connectivity index (χ2v) is 5.30. The summed E-state index contributed by atoms with van der Waals surface area (Å²) in [5, 5.41) is 0. The highest BCUT2D eigenvalue weighted by molar-refractivity contribution is 5.88. The summed E-state index contributed by atoms with van der Waals surface area (Å²) in [4.78, 5) is 22.6. The zero-order chi connectivity index (χ0) is 12.1. The van der Waals surface area contributed by atoms with E-state index in [1.165, 1.54) is 0 Å². The van der Waals surface area contributed by atoms with Crippen LogP contribution >= 0.6 is 0 Å².